The molecule has 1 atom stereocenters. The van der Waals surface area contributed by atoms with Gasteiger partial charge in [0, 0.05) is 26.1 Å². The molecule has 0 aromatic heterocycles. The van der Waals surface area contributed by atoms with Crippen LogP contribution in [-0.2, 0) is 9.53 Å². The first-order valence-electron chi connectivity index (χ1n) is 7.15. The molecule has 2 rings (SSSR count). The fourth-order valence-electron chi connectivity index (χ4n) is 2.56. The number of aryl methyl sites for hydroxylation is 1. The van der Waals surface area contributed by atoms with Gasteiger partial charge in [0.15, 0.2) is 0 Å². The van der Waals surface area contributed by atoms with Gasteiger partial charge in [0.2, 0.25) is 5.91 Å². The van der Waals surface area contributed by atoms with E-state index in [0.717, 1.165) is 31.7 Å². The molecule has 0 spiro atoms. The van der Waals surface area contributed by atoms with E-state index >= 15 is 0 Å². The van der Waals surface area contributed by atoms with Crippen molar-refractivity contribution in [2.24, 2.45) is 5.92 Å². The Kier molecular flexibility index (Phi) is 5.41. The summed E-state index contributed by atoms with van der Waals surface area (Å²) in [5.41, 5.74) is 1.20. The van der Waals surface area contributed by atoms with Gasteiger partial charge in [-0.2, -0.15) is 0 Å². The number of methoxy groups -OCH3 is 1. The highest BCUT2D eigenvalue weighted by Crippen LogP contribution is 2.19. The van der Waals surface area contributed by atoms with Crippen LogP contribution < -0.4 is 4.74 Å². The summed E-state index contributed by atoms with van der Waals surface area (Å²) in [6.07, 6.45) is 2.15. The molecule has 1 heterocycles. The molecule has 1 saturated heterocycles. The van der Waals surface area contributed by atoms with Crippen LogP contribution in [-0.4, -0.2) is 44.2 Å². The van der Waals surface area contributed by atoms with Crippen molar-refractivity contribution in [2.75, 3.05) is 33.4 Å². The summed E-state index contributed by atoms with van der Waals surface area (Å²) in [5, 5.41) is 0. The van der Waals surface area contributed by atoms with Crippen LogP contribution in [0.1, 0.15) is 18.4 Å². The number of amides is 1. The lowest BCUT2D eigenvalue weighted by molar-refractivity contribution is -0.137. The zero-order valence-electron chi connectivity index (χ0n) is 12.3. The summed E-state index contributed by atoms with van der Waals surface area (Å²) >= 11 is 0. The normalized spacial score (nSPS) is 18.9. The third-order valence-corrected chi connectivity index (χ3v) is 3.61. The molecule has 0 radical (unpaired) electrons. The Morgan fingerprint density at radius 1 is 1.45 bits per heavy atom. The van der Waals surface area contributed by atoms with Gasteiger partial charge in [-0.3, -0.25) is 4.79 Å². The van der Waals surface area contributed by atoms with E-state index in [2.05, 4.69) is 13.0 Å². The zero-order chi connectivity index (χ0) is 14.4. The molecule has 0 saturated carbocycles. The van der Waals surface area contributed by atoms with Crippen molar-refractivity contribution in [1.29, 1.82) is 0 Å². The number of nitrogens with zero attached hydrogens (tertiary/aromatic N) is 1. The number of carbonyl (C=O) groups excluding carboxylic acids is 1. The molecular formula is C16H23NO3. The second-order valence-corrected chi connectivity index (χ2v) is 5.41. The Morgan fingerprint density at radius 3 is 3.05 bits per heavy atom. The van der Waals surface area contributed by atoms with E-state index in [-0.39, 0.29) is 12.5 Å². The Bertz CT molecular complexity index is 447. The minimum atomic E-state index is 0.0766. The van der Waals surface area contributed by atoms with Crippen LogP contribution in [0.3, 0.4) is 0 Å². The molecule has 0 unspecified atom stereocenters. The molecule has 0 aliphatic carbocycles. The molecule has 4 heteroatoms. The minimum absolute atomic E-state index is 0.0766. The Morgan fingerprint density at radius 2 is 2.30 bits per heavy atom. The summed E-state index contributed by atoms with van der Waals surface area (Å²) in [4.78, 5) is 13.7. The van der Waals surface area contributed by atoms with Gasteiger partial charge in [-0.25, -0.2) is 0 Å². The van der Waals surface area contributed by atoms with E-state index in [1.807, 2.05) is 23.1 Å². The van der Waals surface area contributed by atoms with Crippen LogP contribution in [0.15, 0.2) is 24.3 Å². The summed E-state index contributed by atoms with van der Waals surface area (Å²) in [6.45, 7) is 4.50. The number of likely N-dealkylation sites (tertiary alicyclic amines) is 1. The van der Waals surface area contributed by atoms with E-state index in [9.17, 15) is 4.79 Å². The second-order valence-electron chi connectivity index (χ2n) is 5.41. The molecule has 20 heavy (non-hydrogen) atoms. The van der Waals surface area contributed by atoms with Gasteiger partial charge >= 0.3 is 0 Å². The summed E-state index contributed by atoms with van der Waals surface area (Å²) in [7, 11) is 1.56. The molecule has 1 aromatic carbocycles. The summed E-state index contributed by atoms with van der Waals surface area (Å²) in [5.74, 6) is 1.39. The first-order chi connectivity index (χ1) is 9.69. The SMILES string of the molecule is COCC(=O)N1CCC[C@H](COc2cccc(C)c2)C1. The van der Waals surface area contributed by atoms with Crippen molar-refractivity contribution in [3.63, 3.8) is 0 Å². The fraction of sp³-hybridized carbons (Fsp3) is 0.562. The Hall–Kier alpha value is -1.55. The van der Waals surface area contributed by atoms with Crippen LogP contribution in [0.25, 0.3) is 0 Å². The first-order valence-corrected chi connectivity index (χ1v) is 7.15. The zero-order valence-corrected chi connectivity index (χ0v) is 12.3. The molecule has 0 N–H and O–H groups in total. The molecule has 1 aliphatic heterocycles. The van der Waals surface area contributed by atoms with Crippen molar-refractivity contribution in [3.05, 3.63) is 29.8 Å². The van der Waals surface area contributed by atoms with Crippen molar-refractivity contribution in [1.82, 2.24) is 4.90 Å². The van der Waals surface area contributed by atoms with Crippen molar-refractivity contribution < 1.29 is 14.3 Å². The quantitative estimate of drug-likeness (QED) is 0.828. The molecule has 110 valence electrons. The maximum atomic E-state index is 11.8. The van der Waals surface area contributed by atoms with Gasteiger partial charge < -0.3 is 14.4 Å². The summed E-state index contributed by atoms with van der Waals surface area (Å²) in [6, 6.07) is 8.07. The highest BCUT2D eigenvalue weighted by molar-refractivity contribution is 5.77. The van der Waals surface area contributed by atoms with Gasteiger partial charge in [0.25, 0.3) is 0 Å². The maximum Gasteiger partial charge on any atom is 0.248 e. The second kappa shape index (κ2) is 7.29. The predicted octanol–water partition coefficient (Wildman–Crippen LogP) is 2.26. The van der Waals surface area contributed by atoms with Gasteiger partial charge in [0.1, 0.15) is 12.4 Å². The van der Waals surface area contributed by atoms with Crippen LogP contribution in [0, 0.1) is 12.8 Å². The average molecular weight is 277 g/mol. The third-order valence-electron chi connectivity index (χ3n) is 3.61. The molecule has 1 aromatic rings. The lowest BCUT2D eigenvalue weighted by Crippen LogP contribution is -2.43. The van der Waals surface area contributed by atoms with Crippen LogP contribution in [0.5, 0.6) is 5.75 Å². The molecule has 1 amide bonds. The van der Waals surface area contributed by atoms with E-state index in [4.69, 9.17) is 9.47 Å². The van der Waals surface area contributed by atoms with Crippen LogP contribution in [0.4, 0.5) is 0 Å². The van der Waals surface area contributed by atoms with Crippen molar-refractivity contribution in [2.45, 2.75) is 19.8 Å². The van der Waals surface area contributed by atoms with E-state index < -0.39 is 0 Å². The highest BCUT2D eigenvalue weighted by Gasteiger charge is 2.23. The predicted molar refractivity (Wildman–Crippen MR) is 77.9 cm³/mol. The summed E-state index contributed by atoms with van der Waals surface area (Å²) < 4.78 is 10.8. The molecule has 1 fully saturated rings. The fourth-order valence-corrected chi connectivity index (χ4v) is 2.56. The molecular weight excluding hydrogens is 254 g/mol. The molecule has 0 bridgehead atoms. The van der Waals surface area contributed by atoms with E-state index in [0.29, 0.717) is 12.5 Å². The van der Waals surface area contributed by atoms with Crippen molar-refractivity contribution in [3.8, 4) is 5.75 Å². The number of carbonyl (C=O) groups is 1. The van der Waals surface area contributed by atoms with Gasteiger partial charge in [-0.05, 0) is 37.5 Å². The lowest BCUT2D eigenvalue weighted by atomic mass is 9.99. The number of hydrogen-bond donors (Lipinski definition) is 0. The number of rotatable bonds is 5. The number of benzene rings is 1. The monoisotopic (exact) mass is 277 g/mol. The van der Waals surface area contributed by atoms with Gasteiger partial charge in [-0.15, -0.1) is 0 Å². The number of ether oxygens (including phenoxy) is 2. The number of piperidine rings is 1. The van der Waals surface area contributed by atoms with Crippen LogP contribution >= 0.6 is 0 Å². The van der Waals surface area contributed by atoms with Gasteiger partial charge in [-0.1, -0.05) is 12.1 Å². The van der Waals surface area contributed by atoms with Crippen molar-refractivity contribution >= 4 is 5.91 Å². The molecule has 4 nitrogen and oxygen atoms in total. The van der Waals surface area contributed by atoms with Gasteiger partial charge in [0.05, 0.1) is 6.61 Å². The lowest BCUT2D eigenvalue weighted by Gasteiger charge is -2.32. The Labute approximate surface area is 120 Å². The Balaban J connectivity index is 1.82. The third kappa shape index (κ3) is 4.23. The standard InChI is InChI=1S/C16H23NO3/c1-13-5-3-7-15(9-13)20-11-14-6-4-8-17(10-14)16(18)12-19-2/h3,5,7,9,14H,4,6,8,10-12H2,1-2H3/t14-/m0/s1. The minimum Gasteiger partial charge on any atom is -0.493 e. The maximum absolute atomic E-state index is 11.8. The van der Waals surface area contributed by atoms with E-state index in [1.54, 1.807) is 7.11 Å². The van der Waals surface area contributed by atoms with E-state index in [1.165, 1.54) is 5.56 Å². The number of hydrogen-bond acceptors (Lipinski definition) is 3. The average Bonchev–Trinajstić information content (AvgIpc) is 2.46. The molecule has 1 aliphatic rings. The van der Waals surface area contributed by atoms with Crippen LogP contribution in [0.2, 0.25) is 0 Å². The topological polar surface area (TPSA) is 38.8 Å². The first kappa shape index (κ1) is 14.9. The highest BCUT2D eigenvalue weighted by atomic mass is 16.5. The largest absolute Gasteiger partial charge is 0.493 e. The smallest absolute Gasteiger partial charge is 0.248 e.